The molecule has 0 unspecified atom stereocenters. The summed E-state index contributed by atoms with van der Waals surface area (Å²) in [6.07, 6.45) is 3.02. The second-order valence-corrected chi connectivity index (χ2v) is 3.47. The quantitative estimate of drug-likeness (QED) is 0.557. The normalized spacial score (nSPS) is 11.2. The number of nitrogens with zero attached hydrogens (tertiary/aromatic N) is 3. The van der Waals surface area contributed by atoms with Crippen LogP contribution >= 0.6 is 0 Å². The van der Waals surface area contributed by atoms with Crippen LogP contribution in [0, 0.1) is 0 Å². The third-order valence-electron chi connectivity index (χ3n) is 2.33. The van der Waals surface area contributed by atoms with Gasteiger partial charge in [0.2, 0.25) is 0 Å². The van der Waals surface area contributed by atoms with E-state index >= 15 is 0 Å². The van der Waals surface area contributed by atoms with Gasteiger partial charge in [-0.05, 0) is 25.7 Å². The van der Waals surface area contributed by atoms with Crippen molar-refractivity contribution in [2.75, 3.05) is 32.0 Å². The van der Waals surface area contributed by atoms with Crippen LogP contribution in [-0.4, -0.2) is 42.9 Å². The minimum Gasteiger partial charge on any atom is -0.390 e. The van der Waals surface area contributed by atoms with Crippen LogP contribution in [0.5, 0.6) is 0 Å². The number of aliphatic imine (C=N–C) groups is 1. The summed E-state index contributed by atoms with van der Waals surface area (Å²) in [4.78, 5) is 10.5. The van der Waals surface area contributed by atoms with Gasteiger partial charge in [0.15, 0.2) is 5.82 Å². The van der Waals surface area contributed by atoms with Gasteiger partial charge in [0, 0.05) is 19.3 Å². The molecule has 0 saturated carbocycles. The lowest BCUT2D eigenvalue weighted by molar-refractivity contribution is 0.367. The number of nitrogens with two attached hydrogens (primary N) is 1. The SMILES string of the molecule is CCN(C)CCNc1ncccc1N=CN. The fourth-order valence-corrected chi connectivity index (χ4v) is 1.24. The van der Waals surface area contributed by atoms with Gasteiger partial charge in [0.25, 0.3) is 0 Å². The van der Waals surface area contributed by atoms with E-state index in [1.54, 1.807) is 6.20 Å². The molecule has 0 aliphatic carbocycles. The van der Waals surface area contributed by atoms with Gasteiger partial charge in [-0.3, -0.25) is 0 Å². The molecule has 0 aromatic carbocycles. The molecule has 0 fully saturated rings. The third kappa shape index (κ3) is 3.86. The van der Waals surface area contributed by atoms with Crippen molar-refractivity contribution in [3.63, 3.8) is 0 Å². The first-order valence-electron chi connectivity index (χ1n) is 5.39. The van der Waals surface area contributed by atoms with Crippen LogP contribution in [0.15, 0.2) is 23.3 Å². The Bertz CT molecular complexity index is 337. The lowest BCUT2D eigenvalue weighted by Gasteiger charge is -2.14. The molecular formula is C11H19N5. The predicted molar refractivity (Wildman–Crippen MR) is 68.2 cm³/mol. The van der Waals surface area contributed by atoms with Crippen molar-refractivity contribution >= 4 is 17.8 Å². The minimum absolute atomic E-state index is 0.768. The highest BCUT2D eigenvalue weighted by Gasteiger charge is 2.00. The lowest BCUT2D eigenvalue weighted by Crippen LogP contribution is -2.24. The molecule has 0 radical (unpaired) electrons. The molecule has 1 rings (SSSR count). The van der Waals surface area contributed by atoms with Gasteiger partial charge in [0.1, 0.15) is 5.69 Å². The average molecular weight is 221 g/mol. The number of hydrogen-bond donors (Lipinski definition) is 2. The van der Waals surface area contributed by atoms with Crippen LogP contribution < -0.4 is 11.1 Å². The van der Waals surface area contributed by atoms with Crippen molar-refractivity contribution in [1.82, 2.24) is 9.88 Å². The molecule has 0 atom stereocenters. The topological polar surface area (TPSA) is 66.5 Å². The molecule has 0 saturated heterocycles. The first-order chi connectivity index (χ1) is 7.77. The molecule has 88 valence electrons. The van der Waals surface area contributed by atoms with E-state index in [9.17, 15) is 0 Å². The molecular weight excluding hydrogens is 202 g/mol. The van der Waals surface area contributed by atoms with E-state index in [1.165, 1.54) is 6.34 Å². The van der Waals surface area contributed by atoms with E-state index in [-0.39, 0.29) is 0 Å². The fraction of sp³-hybridized carbons (Fsp3) is 0.455. The zero-order valence-corrected chi connectivity index (χ0v) is 9.85. The van der Waals surface area contributed by atoms with Crippen molar-refractivity contribution < 1.29 is 0 Å². The van der Waals surface area contributed by atoms with Crippen molar-refractivity contribution in [3.8, 4) is 0 Å². The van der Waals surface area contributed by atoms with Crippen molar-refractivity contribution in [3.05, 3.63) is 18.3 Å². The van der Waals surface area contributed by atoms with E-state index < -0.39 is 0 Å². The number of nitrogens with one attached hydrogen (secondary N) is 1. The molecule has 0 amide bonds. The lowest BCUT2D eigenvalue weighted by atomic mass is 10.4. The van der Waals surface area contributed by atoms with Gasteiger partial charge in [0.05, 0.1) is 6.34 Å². The van der Waals surface area contributed by atoms with E-state index in [0.717, 1.165) is 31.1 Å². The van der Waals surface area contributed by atoms with Gasteiger partial charge in [-0.1, -0.05) is 6.92 Å². The second-order valence-electron chi connectivity index (χ2n) is 3.47. The Hall–Kier alpha value is -1.62. The molecule has 0 bridgehead atoms. The number of pyridine rings is 1. The summed E-state index contributed by atoms with van der Waals surface area (Å²) in [6, 6.07) is 3.72. The van der Waals surface area contributed by atoms with Gasteiger partial charge in [-0.2, -0.15) is 0 Å². The summed E-state index contributed by atoms with van der Waals surface area (Å²) >= 11 is 0. The first-order valence-corrected chi connectivity index (χ1v) is 5.39. The average Bonchev–Trinajstić information content (AvgIpc) is 2.31. The Labute approximate surface area is 96.4 Å². The Morgan fingerprint density at radius 1 is 1.62 bits per heavy atom. The summed E-state index contributed by atoms with van der Waals surface area (Å²) < 4.78 is 0. The van der Waals surface area contributed by atoms with Crippen LogP contribution in [-0.2, 0) is 0 Å². The predicted octanol–water partition coefficient (Wildman–Crippen LogP) is 1.06. The summed E-state index contributed by atoms with van der Waals surface area (Å²) in [7, 11) is 2.08. The molecule has 0 spiro atoms. The Balaban J connectivity index is 2.53. The molecule has 3 N–H and O–H groups in total. The zero-order valence-electron chi connectivity index (χ0n) is 9.85. The summed E-state index contributed by atoms with van der Waals surface area (Å²) in [5, 5.41) is 3.24. The van der Waals surface area contributed by atoms with E-state index in [2.05, 4.69) is 34.2 Å². The second kappa shape index (κ2) is 6.79. The number of hydrogen-bond acceptors (Lipinski definition) is 4. The zero-order chi connectivity index (χ0) is 11.8. The summed E-state index contributed by atoms with van der Waals surface area (Å²) in [5.41, 5.74) is 6.04. The van der Waals surface area contributed by atoms with Crippen LogP contribution in [0.4, 0.5) is 11.5 Å². The monoisotopic (exact) mass is 221 g/mol. The fourth-order valence-electron chi connectivity index (χ4n) is 1.24. The molecule has 16 heavy (non-hydrogen) atoms. The van der Waals surface area contributed by atoms with Crippen LogP contribution in [0.25, 0.3) is 0 Å². The largest absolute Gasteiger partial charge is 0.390 e. The molecule has 1 aromatic rings. The number of aromatic nitrogens is 1. The van der Waals surface area contributed by atoms with Gasteiger partial charge >= 0.3 is 0 Å². The molecule has 5 heteroatoms. The molecule has 1 heterocycles. The smallest absolute Gasteiger partial charge is 0.152 e. The van der Waals surface area contributed by atoms with E-state index in [4.69, 9.17) is 5.73 Å². The maximum Gasteiger partial charge on any atom is 0.152 e. The standard InChI is InChI=1S/C11H19N5/c1-3-16(2)8-7-14-11-10(15-9-12)5-4-6-13-11/h4-6,9H,3,7-8H2,1-2H3,(H2,12,15)(H,13,14). The van der Waals surface area contributed by atoms with Crippen LogP contribution in [0.3, 0.4) is 0 Å². The molecule has 1 aromatic heterocycles. The summed E-state index contributed by atoms with van der Waals surface area (Å²) in [6.45, 7) is 4.98. The summed E-state index contributed by atoms with van der Waals surface area (Å²) in [5.74, 6) is 0.772. The highest BCUT2D eigenvalue weighted by molar-refractivity contribution is 5.67. The number of anilines is 1. The highest BCUT2D eigenvalue weighted by Crippen LogP contribution is 2.20. The Morgan fingerprint density at radius 3 is 3.12 bits per heavy atom. The Kier molecular flexibility index (Phi) is 5.28. The third-order valence-corrected chi connectivity index (χ3v) is 2.33. The maximum atomic E-state index is 5.27. The molecule has 0 aliphatic heterocycles. The molecule has 0 aliphatic rings. The van der Waals surface area contributed by atoms with Gasteiger partial charge < -0.3 is 16.0 Å². The van der Waals surface area contributed by atoms with E-state index in [0.29, 0.717) is 0 Å². The molecule has 5 nitrogen and oxygen atoms in total. The van der Waals surface area contributed by atoms with Gasteiger partial charge in [-0.15, -0.1) is 0 Å². The van der Waals surface area contributed by atoms with Crippen LogP contribution in [0.2, 0.25) is 0 Å². The maximum absolute atomic E-state index is 5.27. The number of rotatable bonds is 6. The van der Waals surface area contributed by atoms with Crippen molar-refractivity contribution in [2.45, 2.75) is 6.92 Å². The first kappa shape index (κ1) is 12.4. The van der Waals surface area contributed by atoms with Crippen LogP contribution in [0.1, 0.15) is 6.92 Å². The highest BCUT2D eigenvalue weighted by atomic mass is 15.1. The van der Waals surface area contributed by atoms with Crippen molar-refractivity contribution in [2.24, 2.45) is 10.7 Å². The van der Waals surface area contributed by atoms with Gasteiger partial charge in [-0.25, -0.2) is 9.98 Å². The minimum atomic E-state index is 0.768. The van der Waals surface area contributed by atoms with E-state index in [1.807, 2.05) is 12.1 Å². The van der Waals surface area contributed by atoms with Crippen molar-refractivity contribution in [1.29, 1.82) is 0 Å². The number of likely N-dealkylation sites (N-methyl/N-ethyl adjacent to an activating group) is 1. The Morgan fingerprint density at radius 2 is 2.44 bits per heavy atom.